The lowest BCUT2D eigenvalue weighted by Gasteiger charge is -2.15. The molecule has 0 radical (unpaired) electrons. The fourth-order valence-corrected chi connectivity index (χ4v) is 1.59. The van der Waals surface area contributed by atoms with Crippen LogP contribution in [0.2, 0.25) is 5.02 Å². The predicted octanol–water partition coefficient (Wildman–Crippen LogP) is 1.75. The van der Waals surface area contributed by atoms with E-state index in [0.29, 0.717) is 13.2 Å². The Morgan fingerprint density at radius 3 is 2.81 bits per heavy atom. The lowest BCUT2D eigenvalue weighted by molar-refractivity contribution is 0.128. The highest BCUT2D eigenvalue weighted by Crippen LogP contribution is 2.16. The highest BCUT2D eigenvalue weighted by molar-refractivity contribution is 6.31. The maximum absolute atomic E-state index is 9.07. The van der Waals surface area contributed by atoms with Gasteiger partial charge in [-0.15, -0.1) is 0 Å². The van der Waals surface area contributed by atoms with Crippen LogP contribution >= 0.6 is 11.6 Å². The Bertz CT molecular complexity index is 331. The van der Waals surface area contributed by atoms with Gasteiger partial charge < -0.3 is 15.2 Å². The highest BCUT2D eigenvalue weighted by atomic mass is 35.5. The molecule has 0 aliphatic rings. The average Bonchev–Trinajstić information content (AvgIpc) is 2.28. The van der Waals surface area contributed by atoms with Gasteiger partial charge in [-0.05, 0) is 24.1 Å². The molecular weight excluding hydrogens is 226 g/mol. The Hall–Kier alpha value is -0.610. The Balaban J connectivity index is 2.50. The van der Waals surface area contributed by atoms with E-state index in [1.54, 1.807) is 7.11 Å². The van der Waals surface area contributed by atoms with E-state index in [0.717, 1.165) is 16.1 Å². The van der Waals surface area contributed by atoms with Crippen LogP contribution in [0, 0.1) is 6.92 Å². The Morgan fingerprint density at radius 1 is 1.50 bits per heavy atom. The third-order valence-corrected chi connectivity index (χ3v) is 2.83. The number of ether oxygens (including phenoxy) is 1. The van der Waals surface area contributed by atoms with Crippen molar-refractivity contribution >= 4 is 11.6 Å². The zero-order valence-corrected chi connectivity index (χ0v) is 10.4. The van der Waals surface area contributed by atoms with E-state index in [9.17, 15) is 0 Å². The van der Waals surface area contributed by atoms with Crippen LogP contribution in [0.25, 0.3) is 0 Å². The molecule has 0 spiro atoms. The molecule has 1 atom stereocenters. The molecule has 0 aromatic heterocycles. The van der Waals surface area contributed by atoms with E-state index >= 15 is 0 Å². The molecule has 0 aliphatic carbocycles. The van der Waals surface area contributed by atoms with Crippen molar-refractivity contribution in [2.75, 3.05) is 20.3 Å². The first-order valence-electron chi connectivity index (χ1n) is 5.25. The molecule has 0 saturated carbocycles. The standard InChI is InChI=1S/C12H18ClNO2/c1-9-3-4-10(5-12(9)13)6-14-11(7-15)8-16-2/h3-5,11,14-15H,6-8H2,1-2H3. The first kappa shape index (κ1) is 13.5. The van der Waals surface area contributed by atoms with Crippen LogP contribution in [0.1, 0.15) is 11.1 Å². The fraction of sp³-hybridized carbons (Fsp3) is 0.500. The van der Waals surface area contributed by atoms with Gasteiger partial charge in [-0.1, -0.05) is 23.7 Å². The molecule has 1 aromatic carbocycles. The van der Waals surface area contributed by atoms with Gasteiger partial charge in [-0.25, -0.2) is 0 Å². The van der Waals surface area contributed by atoms with Crippen molar-refractivity contribution in [3.63, 3.8) is 0 Å². The maximum atomic E-state index is 9.07. The van der Waals surface area contributed by atoms with Gasteiger partial charge in [0.25, 0.3) is 0 Å². The molecule has 16 heavy (non-hydrogen) atoms. The second kappa shape index (κ2) is 6.86. The van der Waals surface area contributed by atoms with Crippen LogP contribution in [0.15, 0.2) is 18.2 Å². The number of aliphatic hydroxyl groups excluding tert-OH is 1. The molecule has 1 rings (SSSR count). The normalized spacial score (nSPS) is 12.8. The van der Waals surface area contributed by atoms with Gasteiger partial charge in [0.15, 0.2) is 0 Å². The Labute approximate surface area is 101 Å². The first-order valence-corrected chi connectivity index (χ1v) is 5.63. The minimum absolute atomic E-state index is 0.0370. The molecule has 0 fully saturated rings. The van der Waals surface area contributed by atoms with Crippen molar-refractivity contribution in [2.24, 2.45) is 0 Å². The lowest BCUT2D eigenvalue weighted by atomic mass is 10.1. The number of nitrogens with one attached hydrogen (secondary N) is 1. The third-order valence-electron chi connectivity index (χ3n) is 2.42. The third kappa shape index (κ3) is 4.10. The Kier molecular flexibility index (Phi) is 5.77. The second-order valence-corrected chi connectivity index (χ2v) is 4.21. The molecule has 1 unspecified atom stereocenters. The summed E-state index contributed by atoms with van der Waals surface area (Å²) in [4.78, 5) is 0. The van der Waals surface area contributed by atoms with Gasteiger partial charge in [0.1, 0.15) is 0 Å². The molecule has 0 heterocycles. The zero-order chi connectivity index (χ0) is 12.0. The number of rotatable bonds is 6. The van der Waals surface area contributed by atoms with Crippen molar-refractivity contribution in [3.8, 4) is 0 Å². The predicted molar refractivity (Wildman–Crippen MR) is 65.8 cm³/mol. The van der Waals surface area contributed by atoms with Gasteiger partial charge in [0.2, 0.25) is 0 Å². The largest absolute Gasteiger partial charge is 0.395 e. The summed E-state index contributed by atoms with van der Waals surface area (Å²) in [5, 5.41) is 13.0. The molecule has 0 saturated heterocycles. The van der Waals surface area contributed by atoms with E-state index in [1.807, 2.05) is 25.1 Å². The van der Waals surface area contributed by atoms with Gasteiger partial charge >= 0.3 is 0 Å². The first-order chi connectivity index (χ1) is 7.67. The number of methoxy groups -OCH3 is 1. The van der Waals surface area contributed by atoms with Crippen LogP contribution in [0.3, 0.4) is 0 Å². The zero-order valence-electron chi connectivity index (χ0n) is 9.66. The topological polar surface area (TPSA) is 41.5 Å². The molecule has 3 nitrogen and oxygen atoms in total. The van der Waals surface area contributed by atoms with E-state index in [4.69, 9.17) is 21.4 Å². The number of hydrogen-bond donors (Lipinski definition) is 2. The summed E-state index contributed by atoms with van der Waals surface area (Å²) in [6, 6.07) is 5.91. The Morgan fingerprint density at radius 2 is 2.25 bits per heavy atom. The van der Waals surface area contributed by atoms with Crippen LogP contribution in [0.4, 0.5) is 0 Å². The number of halogens is 1. The van der Waals surface area contributed by atoms with Gasteiger partial charge in [0, 0.05) is 18.7 Å². The van der Waals surface area contributed by atoms with Crippen molar-refractivity contribution in [1.29, 1.82) is 0 Å². The quantitative estimate of drug-likeness (QED) is 0.800. The molecule has 4 heteroatoms. The highest BCUT2D eigenvalue weighted by Gasteiger charge is 2.06. The summed E-state index contributed by atoms with van der Waals surface area (Å²) in [5.41, 5.74) is 2.17. The van der Waals surface area contributed by atoms with Gasteiger partial charge in [-0.3, -0.25) is 0 Å². The molecule has 0 bridgehead atoms. The molecular formula is C12H18ClNO2. The van der Waals surface area contributed by atoms with E-state index in [-0.39, 0.29) is 12.6 Å². The van der Waals surface area contributed by atoms with E-state index in [2.05, 4.69) is 5.32 Å². The number of hydrogen-bond acceptors (Lipinski definition) is 3. The smallest absolute Gasteiger partial charge is 0.0638 e. The van der Waals surface area contributed by atoms with Crippen LogP contribution in [-0.2, 0) is 11.3 Å². The summed E-state index contributed by atoms with van der Waals surface area (Å²) >= 11 is 6.02. The van der Waals surface area contributed by atoms with Crippen molar-refractivity contribution < 1.29 is 9.84 Å². The minimum Gasteiger partial charge on any atom is -0.395 e. The van der Waals surface area contributed by atoms with Crippen molar-refractivity contribution in [2.45, 2.75) is 19.5 Å². The number of aliphatic hydroxyl groups is 1. The van der Waals surface area contributed by atoms with E-state index in [1.165, 1.54) is 0 Å². The van der Waals surface area contributed by atoms with Crippen molar-refractivity contribution in [1.82, 2.24) is 5.32 Å². The lowest BCUT2D eigenvalue weighted by Crippen LogP contribution is -2.35. The van der Waals surface area contributed by atoms with Gasteiger partial charge in [0.05, 0.1) is 19.3 Å². The monoisotopic (exact) mass is 243 g/mol. The summed E-state index contributed by atoms with van der Waals surface area (Å²) < 4.78 is 4.98. The molecule has 0 amide bonds. The van der Waals surface area contributed by atoms with Crippen LogP contribution < -0.4 is 5.32 Å². The second-order valence-electron chi connectivity index (χ2n) is 3.80. The van der Waals surface area contributed by atoms with E-state index < -0.39 is 0 Å². The summed E-state index contributed by atoms with van der Waals surface area (Å²) in [6.45, 7) is 3.21. The number of aryl methyl sites for hydroxylation is 1. The van der Waals surface area contributed by atoms with Gasteiger partial charge in [-0.2, -0.15) is 0 Å². The number of benzene rings is 1. The average molecular weight is 244 g/mol. The van der Waals surface area contributed by atoms with Crippen molar-refractivity contribution in [3.05, 3.63) is 34.3 Å². The summed E-state index contributed by atoms with van der Waals surface area (Å²) in [6.07, 6.45) is 0. The van der Waals surface area contributed by atoms with Crippen LogP contribution in [-0.4, -0.2) is 31.5 Å². The fourth-order valence-electron chi connectivity index (χ4n) is 1.39. The molecule has 90 valence electrons. The SMILES string of the molecule is COCC(CO)NCc1ccc(C)c(Cl)c1. The summed E-state index contributed by atoms with van der Waals surface area (Å²) in [5.74, 6) is 0. The molecule has 1 aromatic rings. The van der Waals surface area contributed by atoms with Crippen LogP contribution in [0.5, 0.6) is 0 Å². The minimum atomic E-state index is -0.0370. The maximum Gasteiger partial charge on any atom is 0.0638 e. The molecule has 2 N–H and O–H groups in total. The summed E-state index contributed by atoms with van der Waals surface area (Å²) in [7, 11) is 1.62. The molecule has 0 aliphatic heterocycles.